The predicted molar refractivity (Wildman–Crippen MR) is 72.8 cm³/mol. The molecule has 0 aromatic heterocycles. The minimum absolute atomic E-state index is 0.631. The van der Waals surface area contributed by atoms with Gasteiger partial charge in [-0.2, -0.15) is 0 Å². The average Bonchev–Trinajstić information content (AvgIpc) is 2.28. The van der Waals surface area contributed by atoms with Gasteiger partial charge < -0.3 is 15.2 Å². The molecule has 0 saturated carbocycles. The number of nitrogens with two attached hydrogens (primary N) is 1. The van der Waals surface area contributed by atoms with Gasteiger partial charge in [-0.25, -0.2) is 0 Å². The van der Waals surface area contributed by atoms with E-state index >= 15 is 0 Å². The summed E-state index contributed by atoms with van der Waals surface area (Å²) in [6, 6.07) is 9.03. The van der Waals surface area contributed by atoms with Crippen LogP contribution in [0.3, 0.4) is 0 Å². The zero-order valence-corrected chi connectivity index (χ0v) is 11.7. The minimum atomic E-state index is 0.631. The smallest absolute Gasteiger partial charge is 0.172 e. The molecule has 0 saturated heterocycles. The van der Waals surface area contributed by atoms with E-state index < -0.39 is 0 Å². The Balaban J connectivity index is 2.11. The summed E-state index contributed by atoms with van der Waals surface area (Å²) in [7, 11) is 0. The Morgan fingerprint density at radius 1 is 0.765 bits per heavy atom. The molecule has 0 fully saturated rings. The van der Waals surface area contributed by atoms with Gasteiger partial charge in [-0.15, -0.1) is 0 Å². The average molecular weight is 357 g/mol. The highest BCUT2D eigenvalue weighted by molar-refractivity contribution is 9.13. The van der Waals surface area contributed by atoms with Crippen LogP contribution in [0.25, 0.3) is 0 Å². The van der Waals surface area contributed by atoms with Crippen molar-refractivity contribution in [2.24, 2.45) is 0 Å². The van der Waals surface area contributed by atoms with Crippen molar-refractivity contribution in [3.8, 4) is 23.0 Å². The maximum Gasteiger partial charge on any atom is 0.172 e. The number of benzene rings is 2. The van der Waals surface area contributed by atoms with E-state index in [1.807, 2.05) is 12.1 Å². The summed E-state index contributed by atoms with van der Waals surface area (Å²) >= 11 is 6.85. The third kappa shape index (κ3) is 1.89. The molecule has 2 N–H and O–H groups in total. The summed E-state index contributed by atoms with van der Waals surface area (Å²) in [6.07, 6.45) is 0. The molecule has 3 rings (SSSR count). The standard InChI is InChI=1S/C12H7Br2NO2/c13-7-4-11-12(5-8(7)14)17-10-3-6(15)1-2-9(10)16-11/h1-5H,15H2. The molecule has 3 nitrogen and oxygen atoms in total. The fourth-order valence-corrected chi connectivity index (χ4v) is 2.24. The Morgan fingerprint density at radius 3 is 1.94 bits per heavy atom. The lowest BCUT2D eigenvalue weighted by molar-refractivity contribution is 0.359. The van der Waals surface area contributed by atoms with Crippen molar-refractivity contribution in [3.05, 3.63) is 39.3 Å². The molecule has 1 aliphatic rings. The van der Waals surface area contributed by atoms with Crippen LogP contribution in [0.15, 0.2) is 39.3 Å². The summed E-state index contributed by atoms with van der Waals surface area (Å²) in [4.78, 5) is 0. The summed E-state index contributed by atoms with van der Waals surface area (Å²) < 4.78 is 13.3. The second-order valence-electron chi connectivity index (χ2n) is 3.62. The summed E-state index contributed by atoms with van der Waals surface area (Å²) in [6.45, 7) is 0. The van der Waals surface area contributed by atoms with Crippen LogP contribution in [0.5, 0.6) is 23.0 Å². The van der Waals surface area contributed by atoms with E-state index in [0.717, 1.165) is 8.95 Å². The Bertz CT molecular complexity index is 614. The molecule has 2 aromatic rings. The second-order valence-corrected chi connectivity index (χ2v) is 5.33. The third-order valence-electron chi connectivity index (χ3n) is 2.39. The van der Waals surface area contributed by atoms with Gasteiger partial charge in [0.2, 0.25) is 0 Å². The van der Waals surface area contributed by atoms with Crippen LogP contribution in [-0.4, -0.2) is 0 Å². The molecule has 0 spiro atoms. The van der Waals surface area contributed by atoms with Crippen LogP contribution in [0.1, 0.15) is 0 Å². The van der Waals surface area contributed by atoms with Crippen molar-refractivity contribution >= 4 is 37.5 Å². The molecular weight excluding hydrogens is 350 g/mol. The van der Waals surface area contributed by atoms with Crippen LogP contribution < -0.4 is 15.2 Å². The van der Waals surface area contributed by atoms with Crippen LogP contribution in [0.2, 0.25) is 0 Å². The number of nitrogen functional groups attached to an aromatic ring is 1. The van der Waals surface area contributed by atoms with Gasteiger partial charge in [0.25, 0.3) is 0 Å². The van der Waals surface area contributed by atoms with Crippen LogP contribution in [-0.2, 0) is 0 Å². The molecule has 0 amide bonds. The number of rotatable bonds is 0. The maximum absolute atomic E-state index is 5.74. The first-order chi connectivity index (χ1) is 8.13. The lowest BCUT2D eigenvalue weighted by atomic mass is 10.2. The second kappa shape index (κ2) is 3.92. The topological polar surface area (TPSA) is 44.5 Å². The normalized spacial score (nSPS) is 12.1. The van der Waals surface area contributed by atoms with Crippen LogP contribution in [0.4, 0.5) is 5.69 Å². The van der Waals surface area contributed by atoms with Crippen LogP contribution >= 0.6 is 31.9 Å². The minimum Gasteiger partial charge on any atom is -0.449 e. The molecule has 1 aliphatic heterocycles. The van der Waals surface area contributed by atoms with Gasteiger partial charge in [-0.05, 0) is 44.0 Å². The number of fused-ring (bicyclic) bond motifs is 2. The Morgan fingerprint density at radius 2 is 1.29 bits per heavy atom. The monoisotopic (exact) mass is 355 g/mol. The SMILES string of the molecule is Nc1ccc2c(c1)Oc1cc(Br)c(Br)cc1O2. The predicted octanol–water partition coefficient (Wildman–Crippen LogP) is 4.69. The largest absolute Gasteiger partial charge is 0.449 e. The number of anilines is 1. The summed E-state index contributed by atoms with van der Waals surface area (Å²) in [5.41, 5.74) is 6.35. The highest BCUT2D eigenvalue weighted by Crippen LogP contribution is 2.48. The van der Waals surface area contributed by atoms with Gasteiger partial charge in [0, 0.05) is 32.8 Å². The Labute approximate surface area is 115 Å². The molecule has 0 bridgehead atoms. The van der Waals surface area contributed by atoms with E-state index in [0.29, 0.717) is 28.7 Å². The number of hydrogen-bond acceptors (Lipinski definition) is 3. The highest BCUT2D eigenvalue weighted by Gasteiger charge is 2.20. The summed E-state index contributed by atoms with van der Waals surface area (Å²) in [5, 5.41) is 0. The lowest BCUT2D eigenvalue weighted by Crippen LogP contribution is -2.00. The van der Waals surface area contributed by atoms with E-state index in [-0.39, 0.29) is 0 Å². The maximum atomic E-state index is 5.74. The first-order valence-electron chi connectivity index (χ1n) is 4.88. The Kier molecular flexibility index (Phi) is 2.52. The molecule has 2 aromatic carbocycles. The van der Waals surface area contributed by atoms with Gasteiger partial charge in [0.05, 0.1) is 0 Å². The molecule has 0 radical (unpaired) electrons. The molecule has 0 aliphatic carbocycles. The van der Waals surface area contributed by atoms with E-state index in [2.05, 4.69) is 31.9 Å². The van der Waals surface area contributed by atoms with E-state index in [9.17, 15) is 0 Å². The number of ether oxygens (including phenoxy) is 2. The number of halogens is 2. The van der Waals surface area contributed by atoms with Crippen molar-refractivity contribution in [1.82, 2.24) is 0 Å². The van der Waals surface area contributed by atoms with Crippen molar-refractivity contribution < 1.29 is 9.47 Å². The van der Waals surface area contributed by atoms with Crippen molar-refractivity contribution in [2.75, 3.05) is 5.73 Å². The zero-order chi connectivity index (χ0) is 12.0. The molecule has 5 heteroatoms. The van der Waals surface area contributed by atoms with Crippen molar-refractivity contribution in [1.29, 1.82) is 0 Å². The molecular formula is C12H7Br2NO2. The number of hydrogen-bond donors (Lipinski definition) is 1. The quantitative estimate of drug-likeness (QED) is 0.594. The van der Waals surface area contributed by atoms with E-state index in [1.165, 1.54) is 0 Å². The van der Waals surface area contributed by atoms with Gasteiger partial charge in [0.15, 0.2) is 23.0 Å². The van der Waals surface area contributed by atoms with Gasteiger partial charge in [-0.1, -0.05) is 0 Å². The van der Waals surface area contributed by atoms with Gasteiger partial charge >= 0.3 is 0 Å². The first kappa shape index (κ1) is 10.9. The lowest BCUT2D eigenvalue weighted by Gasteiger charge is -2.21. The fourth-order valence-electron chi connectivity index (χ4n) is 1.60. The highest BCUT2D eigenvalue weighted by atomic mass is 79.9. The first-order valence-corrected chi connectivity index (χ1v) is 6.46. The summed E-state index contributed by atoms with van der Waals surface area (Å²) in [5.74, 6) is 2.64. The molecule has 1 heterocycles. The molecule has 86 valence electrons. The van der Waals surface area contributed by atoms with E-state index in [4.69, 9.17) is 15.2 Å². The fraction of sp³-hybridized carbons (Fsp3) is 0. The van der Waals surface area contributed by atoms with Crippen molar-refractivity contribution in [2.45, 2.75) is 0 Å². The molecule has 0 atom stereocenters. The van der Waals surface area contributed by atoms with Crippen molar-refractivity contribution in [3.63, 3.8) is 0 Å². The molecule has 17 heavy (non-hydrogen) atoms. The molecule has 0 unspecified atom stereocenters. The zero-order valence-electron chi connectivity index (χ0n) is 8.54. The van der Waals surface area contributed by atoms with Gasteiger partial charge in [0.1, 0.15) is 0 Å². The van der Waals surface area contributed by atoms with E-state index in [1.54, 1.807) is 18.2 Å². The van der Waals surface area contributed by atoms with Crippen LogP contribution in [0, 0.1) is 0 Å². The third-order valence-corrected chi connectivity index (χ3v) is 4.24. The Hall–Kier alpha value is -1.20. The van der Waals surface area contributed by atoms with Gasteiger partial charge in [-0.3, -0.25) is 0 Å².